The van der Waals surface area contributed by atoms with Crippen molar-refractivity contribution in [2.24, 2.45) is 22.7 Å². The van der Waals surface area contributed by atoms with E-state index in [1.54, 1.807) is 0 Å². The Morgan fingerprint density at radius 3 is 2.75 bits per heavy atom. The summed E-state index contributed by atoms with van der Waals surface area (Å²) in [6, 6.07) is 0. The van der Waals surface area contributed by atoms with Gasteiger partial charge in [0.05, 0.1) is 6.10 Å². The number of hydrogen-bond acceptors (Lipinski definition) is 5. The lowest BCUT2D eigenvalue weighted by atomic mass is 9.45. The first-order valence-electron chi connectivity index (χ1n) is 12.0. The number of carbonyl (C=O) groups excluding carboxylic acids is 2. The quantitative estimate of drug-likeness (QED) is 0.427. The monoisotopic (exact) mass is 444 g/mol. The van der Waals surface area contributed by atoms with Crippen molar-refractivity contribution in [3.05, 3.63) is 35.5 Å². The molecule has 3 rings (SSSR count). The summed E-state index contributed by atoms with van der Waals surface area (Å²) in [7, 11) is 0. The number of aliphatic hydroxyl groups excluding tert-OH is 1. The maximum Gasteiger partial charge on any atom is 0.331 e. The number of hydrogen-bond donors (Lipinski definition) is 1. The van der Waals surface area contributed by atoms with Gasteiger partial charge in [0.25, 0.3) is 0 Å². The van der Waals surface area contributed by atoms with Gasteiger partial charge in [-0.2, -0.15) is 0 Å². The lowest BCUT2D eigenvalue weighted by molar-refractivity contribution is -0.171. The van der Waals surface area contributed by atoms with Gasteiger partial charge in [-0.3, -0.25) is 4.79 Å². The van der Waals surface area contributed by atoms with Gasteiger partial charge < -0.3 is 14.6 Å². The molecule has 6 atom stereocenters. The molecule has 0 spiro atoms. The molecule has 1 heterocycles. The Kier molecular flexibility index (Phi) is 7.38. The van der Waals surface area contributed by atoms with Crippen LogP contribution in [-0.2, 0) is 19.1 Å². The molecule has 0 saturated heterocycles. The minimum Gasteiger partial charge on any atom is -0.462 e. The summed E-state index contributed by atoms with van der Waals surface area (Å²) in [5.74, 6) is 0.198. The molecule has 1 aliphatic heterocycles. The number of cyclic esters (lactones) is 1. The molecule has 6 unspecified atom stereocenters. The largest absolute Gasteiger partial charge is 0.462 e. The van der Waals surface area contributed by atoms with Crippen LogP contribution in [-0.4, -0.2) is 35.9 Å². The zero-order valence-electron chi connectivity index (χ0n) is 20.4. The average molecular weight is 445 g/mol. The van der Waals surface area contributed by atoms with E-state index in [9.17, 15) is 14.7 Å². The van der Waals surface area contributed by atoms with Crippen LogP contribution in [0.4, 0.5) is 0 Å². The minimum absolute atomic E-state index is 0.00503. The molecule has 32 heavy (non-hydrogen) atoms. The Morgan fingerprint density at radius 2 is 2.12 bits per heavy atom. The number of fused-ring (bicyclic) bond motifs is 1. The van der Waals surface area contributed by atoms with E-state index in [2.05, 4.69) is 40.3 Å². The first kappa shape index (κ1) is 24.8. The third-order valence-corrected chi connectivity index (χ3v) is 8.74. The highest BCUT2D eigenvalue weighted by Crippen LogP contribution is 2.63. The third kappa shape index (κ3) is 4.88. The summed E-state index contributed by atoms with van der Waals surface area (Å²) in [5, 5.41) is 10.4. The van der Waals surface area contributed by atoms with E-state index in [0.717, 1.165) is 25.7 Å². The van der Waals surface area contributed by atoms with Gasteiger partial charge in [-0.05, 0) is 74.5 Å². The number of rotatable bonds is 7. The van der Waals surface area contributed by atoms with Crippen molar-refractivity contribution in [1.29, 1.82) is 0 Å². The number of allylic oxidation sites excluding steroid dienone is 2. The SMILES string of the molecule is C=C1CCCC2C1(C)CC(OC(C)=O)C(C)C2(C)CC/C(C)=C/CC(O)C1=CC(=O)OC1. The number of ether oxygens (including phenoxy) is 2. The van der Waals surface area contributed by atoms with Crippen molar-refractivity contribution in [2.45, 2.75) is 91.8 Å². The van der Waals surface area contributed by atoms with E-state index in [-0.39, 0.29) is 41.4 Å². The second kappa shape index (κ2) is 9.54. The van der Waals surface area contributed by atoms with Crippen LogP contribution < -0.4 is 0 Å². The zero-order chi connectivity index (χ0) is 23.7. The lowest BCUT2D eigenvalue weighted by Gasteiger charge is -2.60. The van der Waals surface area contributed by atoms with Gasteiger partial charge in [0.15, 0.2) is 0 Å². The summed E-state index contributed by atoms with van der Waals surface area (Å²) in [5.41, 5.74) is 3.20. The van der Waals surface area contributed by atoms with Crippen molar-refractivity contribution in [1.82, 2.24) is 0 Å². The maximum absolute atomic E-state index is 11.8. The Morgan fingerprint density at radius 1 is 1.41 bits per heavy atom. The van der Waals surface area contributed by atoms with Crippen LogP contribution in [0, 0.1) is 22.7 Å². The molecule has 0 aromatic rings. The van der Waals surface area contributed by atoms with Crippen LogP contribution in [0.3, 0.4) is 0 Å². The smallest absolute Gasteiger partial charge is 0.331 e. The van der Waals surface area contributed by atoms with E-state index in [1.165, 1.54) is 37.0 Å². The minimum atomic E-state index is -0.682. The average Bonchev–Trinajstić information content (AvgIpc) is 3.16. The first-order valence-corrected chi connectivity index (χ1v) is 12.0. The molecular weight excluding hydrogens is 404 g/mol. The normalized spacial score (nSPS) is 36.2. The zero-order valence-corrected chi connectivity index (χ0v) is 20.4. The molecule has 2 aliphatic carbocycles. The molecular formula is C27H40O5. The van der Waals surface area contributed by atoms with E-state index < -0.39 is 6.10 Å². The Balaban J connectivity index is 1.74. The van der Waals surface area contributed by atoms with E-state index >= 15 is 0 Å². The fourth-order valence-corrected chi connectivity index (χ4v) is 6.42. The molecule has 0 amide bonds. The standard InChI is InChI=1S/C27H40O5/c1-17(10-11-22(29)21-14-25(30)31-16-21)12-13-26(5)19(3)23(32-20(4)28)15-27(6)18(2)8-7-9-24(26)27/h10,14,19,22-24,29H,2,7-9,11-13,15-16H2,1,3-6H3/b17-10+. The molecule has 5 heteroatoms. The predicted molar refractivity (Wildman–Crippen MR) is 125 cm³/mol. The number of esters is 2. The molecule has 0 aromatic heterocycles. The maximum atomic E-state index is 11.8. The molecule has 178 valence electrons. The fourth-order valence-electron chi connectivity index (χ4n) is 6.42. The van der Waals surface area contributed by atoms with Gasteiger partial charge in [0.2, 0.25) is 0 Å². The number of aliphatic hydroxyl groups is 1. The van der Waals surface area contributed by atoms with Gasteiger partial charge >= 0.3 is 11.9 Å². The summed E-state index contributed by atoms with van der Waals surface area (Å²) < 4.78 is 10.7. The molecule has 0 aromatic carbocycles. The van der Waals surface area contributed by atoms with Crippen LogP contribution in [0.15, 0.2) is 35.5 Å². The van der Waals surface area contributed by atoms with E-state index in [1.807, 2.05) is 0 Å². The summed E-state index contributed by atoms with van der Waals surface area (Å²) in [6.07, 6.45) is 9.39. The van der Waals surface area contributed by atoms with Crippen molar-refractivity contribution in [3.63, 3.8) is 0 Å². The van der Waals surface area contributed by atoms with Crippen LogP contribution in [0.5, 0.6) is 0 Å². The van der Waals surface area contributed by atoms with Crippen LogP contribution >= 0.6 is 0 Å². The summed E-state index contributed by atoms with van der Waals surface area (Å²) >= 11 is 0. The molecule has 2 saturated carbocycles. The fraction of sp³-hybridized carbons (Fsp3) is 0.704. The van der Waals surface area contributed by atoms with Gasteiger partial charge in [-0.25, -0.2) is 4.79 Å². The van der Waals surface area contributed by atoms with Crippen LogP contribution in [0.1, 0.15) is 79.6 Å². The van der Waals surface area contributed by atoms with E-state index in [4.69, 9.17) is 9.47 Å². The van der Waals surface area contributed by atoms with Crippen LogP contribution in [0.2, 0.25) is 0 Å². The van der Waals surface area contributed by atoms with Gasteiger partial charge in [-0.1, -0.05) is 44.6 Å². The second-order valence-corrected chi connectivity index (χ2v) is 10.7. The van der Waals surface area contributed by atoms with Gasteiger partial charge in [0, 0.05) is 18.6 Å². The first-order chi connectivity index (χ1) is 15.0. The van der Waals surface area contributed by atoms with Crippen molar-refractivity contribution >= 4 is 11.9 Å². The Bertz CT molecular complexity index is 824. The number of carbonyl (C=O) groups is 2. The van der Waals surface area contributed by atoms with Crippen molar-refractivity contribution in [2.75, 3.05) is 6.61 Å². The third-order valence-electron chi connectivity index (χ3n) is 8.74. The van der Waals surface area contributed by atoms with Crippen molar-refractivity contribution in [3.8, 4) is 0 Å². The predicted octanol–water partition coefficient (Wildman–Crippen LogP) is 5.29. The van der Waals surface area contributed by atoms with Crippen molar-refractivity contribution < 1.29 is 24.2 Å². The van der Waals surface area contributed by atoms with E-state index in [0.29, 0.717) is 17.9 Å². The highest BCUT2D eigenvalue weighted by molar-refractivity contribution is 5.85. The Hall–Kier alpha value is -1.88. The molecule has 0 bridgehead atoms. The Labute approximate surface area is 192 Å². The van der Waals surface area contributed by atoms with Gasteiger partial charge in [0.1, 0.15) is 12.7 Å². The lowest BCUT2D eigenvalue weighted by Crippen LogP contribution is -2.56. The molecule has 3 aliphatic rings. The highest BCUT2D eigenvalue weighted by atomic mass is 16.5. The second-order valence-electron chi connectivity index (χ2n) is 10.7. The molecule has 5 nitrogen and oxygen atoms in total. The van der Waals surface area contributed by atoms with Gasteiger partial charge in [-0.15, -0.1) is 0 Å². The molecule has 2 fully saturated rings. The molecule has 1 N–H and O–H groups in total. The van der Waals surface area contributed by atoms with Crippen LogP contribution in [0.25, 0.3) is 0 Å². The summed E-state index contributed by atoms with van der Waals surface area (Å²) in [6.45, 7) is 15.2. The topological polar surface area (TPSA) is 72.8 Å². The molecule has 0 radical (unpaired) electrons. The summed E-state index contributed by atoms with van der Waals surface area (Å²) in [4.78, 5) is 23.1. The highest BCUT2D eigenvalue weighted by Gasteiger charge is 2.57.